The van der Waals surface area contributed by atoms with Crippen LogP contribution in [0.1, 0.15) is 0 Å². The second-order valence-corrected chi connectivity index (χ2v) is 0.840. The Bertz CT molecular complexity index is 77.8. The fourth-order valence-corrected chi connectivity index (χ4v) is 0.150. The molecule has 0 spiro atoms. The lowest BCUT2D eigenvalue weighted by atomic mass is 11.4. The Morgan fingerprint density at radius 1 is 1.57 bits per heavy atom. The Hall–Kier alpha value is -0.350. The van der Waals surface area contributed by atoms with E-state index in [1.165, 1.54) is 0 Å². The van der Waals surface area contributed by atoms with Gasteiger partial charge in [-0.1, -0.05) is 4.63 Å². The minimum atomic E-state index is 1.07. The van der Waals surface area contributed by atoms with E-state index in [0.717, 1.165) is 6.34 Å². The van der Waals surface area contributed by atoms with Gasteiger partial charge in [0.1, 0.15) is 0 Å². The van der Waals surface area contributed by atoms with E-state index in [1.54, 1.807) is 0 Å². The fraction of sp³-hybridized carbons (Fsp3) is 0. The van der Waals surface area contributed by atoms with Crippen molar-refractivity contribution in [2.45, 2.75) is 0 Å². The van der Waals surface area contributed by atoms with Crippen LogP contribution < -0.4 is 4.94 Å². The molecular formula is CH2Cl2N4. The monoisotopic (exact) mass is 140 g/mol. The highest BCUT2D eigenvalue weighted by atomic mass is 35.5. The van der Waals surface area contributed by atoms with Crippen molar-refractivity contribution in [2.24, 2.45) is 14.8 Å². The lowest BCUT2D eigenvalue weighted by Crippen LogP contribution is -1.80. The van der Waals surface area contributed by atoms with E-state index >= 15 is 0 Å². The molecule has 0 saturated carbocycles. The summed E-state index contributed by atoms with van der Waals surface area (Å²) in [7, 11) is 0. The molecule has 0 aliphatic carbocycles. The summed E-state index contributed by atoms with van der Waals surface area (Å²) in [5.74, 6) is 0. The third-order valence-corrected chi connectivity index (χ3v) is 0.387. The van der Waals surface area contributed by atoms with Crippen molar-refractivity contribution in [3.05, 3.63) is 0 Å². The summed E-state index contributed by atoms with van der Waals surface area (Å²) in [5, 5.41) is 6.32. The Labute approximate surface area is 50.4 Å². The molecule has 0 rings (SSSR count). The van der Waals surface area contributed by atoms with Crippen molar-refractivity contribution in [1.82, 2.24) is 4.94 Å². The van der Waals surface area contributed by atoms with Crippen LogP contribution in [-0.2, 0) is 0 Å². The van der Waals surface area contributed by atoms with E-state index in [2.05, 4.69) is 14.8 Å². The smallest absolute Gasteiger partial charge is 0.160 e. The molecule has 0 aliphatic heterocycles. The van der Waals surface area contributed by atoms with Gasteiger partial charge in [0.25, 0.3) is 0 Å². The van der Waals surface area contributed by atoms with Gasteiger partial charge >= 0.3 is 0 Å². The first-order valence-electron chi connectivity index (χ1n) is 1.30. The molecule has 0 saturated heterocycles. The maximum atomic E-state index is 4.84. The third kappa shape index (κ3) is 5.65. The Morgan fingerprint density at radius 2 is 2.29 bits per heavy atom. The number of hydrazone groups is 1. The normalized spacial score (nSPS) is 11.1. The molecule has 0 radical (unpaired) electrons. The first kappa shape index (κ1) is 6.65. The van der Waals surface area contributed by atoms with Gasteiger partial charge < -0.3 is 0 Å². The van der Waals surface area contributed by atoms with Gasteiger partial charge in [-0.15, -0.1) is 5.11 Å². The largest absolute Gasteiger partial charge is 0.218 e. The van der Waals surface area contributed by atoms with Crippen LogP contribution in [0.25, 0.3) is 0 Å². The number of rotatable bonds is 2. The number of hydrogen-bond acceptors (Lipinski definition) is 3. The molecule has 0 atom stereocenters. The lowest BCUT2D eigenvalue weighted by molar-refractivity contribution is 1.10. The average Bonchev–Trinajstić information content (AvgIpc) is 1.69. The zero-order valence-electron chi connectivity index (χ0n) is 3.17. The van der Waals surface area contributed by atoms with Crippen LogP contribution in [-0.4, -0.2) is 6.34 Å². The highest BCUT2D eigenvalue weighted by molar-refractivity contribution is 6.14. The van der Waals surface area contributed by atoms with Crippen molar-refractivity contribution in [3.8, 4) is 0 Å². The molecule has 6 heteroatoms. The predicted molar refractivity (Wildman–Crippen MR) is 28.2 cm³/mol. The van der Waals surface area contributed by atoms with Crippen molar-refractivity contribution in [1.29, 1.82) is 0 Å². The highest BCUT2D eigenvalue weighted by Gasteiger charge is 1.58. The van der Waals surface area contributed by atoms with Gasteiger partial charge in [0, 0.05) is 11.8 Å². The van der Waals surface area contributed by atoms with Gasteiger partial charge in [-0.05, 0) is 0 Å². The van der Waals surface area contributed by atoms with E-state index in [4.69, 9.17) is 23.6 Å². The van der Waals surface area contributed by atoms with Gasteiger partial charge in [0.2, 0.25) is 0 Å². The topological polar surface area (TPSA) is 49.1 Å². The summed E-state index contributed by atoms with van der Waals surface area (Å²) >= 11 is 9.58. The SMILES string of the molecule is ClN=NC=NNCl. The van der Waals surface area contributed by atoms with Crippen molar-refractivity contribution < 1.29 is 0 Å². The Kier molecular flexibility index (Phi) is 5.37. The second kappa shape index (κ2) is 5.65. The van der Waals surface area contributed by atoms with E-state index in [-0.39, 0.29) is 0 Å². The van der Waals surface area contributed by atoms with Gasteiger partial charge in [0.15, 0.2) is 6.34 Å². The van der Waals surface area contributed by atoms with Crippen LogP contribution in [0.15, 0.2) is 14.8 Å². The molecule has 0 aromatic carbocycles. The molecule has 0 heterocycles. The van der Waals surface area contributed by atoms with Crippen LogP contribution in [0.2, 0.25) is 0 Å². The summed E-state index contributed by atoms with van der Waals surface area (Å²) in [6.45, 7) is 0. The molecule has 0 amide bonds. The van der Waals surface area contributed by atoms with E-state index in [0.29, 0.717) is 0 Å². The zero-order valence-corrected chi connectivity index (χ0v) is 4.69. The van der Waals surface area contributed by atoms with Crippen molar-refractivity contribution >= 4 is 29.9 Å². The molecule has 4 nitrogen and oxygen atoms in total. The van der Waals surface area contributed by atoms with Crippen molar-refractivity contribution in [3.63, 3.8) is 0 Å². The van der Waals surface area contributed by atoms with Gasteiger partial charge in [-0.2, -0.15) is 5.10 Å². The first-order chi connectivity index (χ1) is 3.41. The van der Waals surface area contributed by atoms with E-state index in [1.807, 2.05) is 4.94 Å². The molecular weight excluding hydrogens is 139 g/mol. The van der Waals surface area contributed by atoms with Gasteiger partial charge in [0.05, 0.1) is 11.8 Å². The standard InChI is InChI=1S/CH2Cl2N4/c2-6-4-1-5-7-3/h1,6H. The molecule has 0 aromatic heterocycles. The summed E-state index contributed by atoms with van der Waals surface area (Å²) in [5.41, 5.74) is 0. The van der Waals surface area contributed by atoms with Crippen LogP contribution in [0.4, 0.5) is 0 Å². The Morgan fingerprint density at radius 3 is 2.71 bits per heavy atom. The number of halogens is 2. The quantitative estimate of drug-likeness (QED) is 0.203. The number of hydrogen-bond donors (Lipinski definition) is 1. The summed E-state index contributed by atoms with van der Waals surface area (Å²) in [4.78, 5) is 1.93. The van der Waals surface area contributed by atoms with Crippen LogP contribution in [0, 0.1) is 0 Å². The molecule has 0 unspecified atom stereocenters. The van der Waals surface area contributed by atoms with Crippen LogP contribution in [0.5, 0.6) is 0 Å². The number of nitrogens with zero attached hydrogens (tertiary/aromatic N) is 3. The molecule has 0 bridgehead atoms. The summed E-state index contributed by atoms with van der Waals surface area (Å²) in [6, 6.07) is 0. The molecule has 40 valence electrons. The molecule has 7 heavy (non-hydrogen) atoms. The predicted octanol–water partition coefficient (Wildman–Crippen LogP) is 1.28. The average molecular weight is 141 g/mol. The highest BCUT2D eigenvalue weighted by Crippen LogP contribution is 1.73. The molecule has 0 aromatic rings. The van der Waals surface area contributed by atoms with Crippen LogP contribution in [0.3, 0.4) is 0 Å². The minimum absolute atomic E-state index is 1.07. The summed E-state index contributed by atoms with van der Waals surface area (Å²) in [6.07, 6.45) is 1.07. The summed E-state index contributed by atoms with van der Waals surface area (Å²) < 4.78 is 2.82. The van der Waals surface area contributed by atoms with Crippen molar-refractivity contribution in [2.75, 3.05) is 0 Å². The maximum Gasteiger partial charge on any atom is 0.160 e. The van der Waals surface area contributed by atoms with E-state index < -0.39 is 0 Å². The van der Waals surface area contributed by atoms with Gasteiger partial charge in [-0.25, -0.2) is 4.94 Å². The molecule has 0 fully saturated rings. The Balaban J connectivity index is 3.09. The minimum Gasteiger partial charge on any atom is -0.218 e. The lowest BCUT2D eigenvalue weighted by Gasteiger charge is -1.72. The van der Waals surface area contributed by atoms with Crippen LogP contribution >= 0.6 is 23.6 Å². The number of nitrogens with one attached hydrogen (secondary N) is 1. The van der Waals surface area contributed by atoms with E-state index in [9.17, 15) is 0 Å². The first-order valence-corrected chi connectivity index (χ1v) is 2.01. The zero-order chi connectivity index (χ0) is 5.54. The van der Waals surface area contributed by atoms with Gasteiger partial charge in [-0.3, -0.25) is 0 Å². The molecule has 1 N–H and O–H groups in total. The third-order valence-electron chi connectivity index (χ3n) is 0.202. The maximum absolute atomic E-state index is 4.84. The fourth-order valence-electron chi connectivity index (χ4n) is 0.0672. The second-order valence-electron chi connectivity index (χ2n) is 0.520. The molecule has 0 aliphatic rings.